The Balaban J connectivity index is 3.40. The molecule has 1 nitrogen and oxygen atoms in total. The number of hydrogen-bond acceptors (Lipinski definition) is 2. The third kappa shape index (κ3) is 6.06. The topological polar surface area (TPSA) is 23.8 Å². The molecule has 0 rings (SSSR count). The lowest BCUT2D eigenvalue weighted by Gasteiger charge is -2.05. The third-order valence-corrected chi connectivity index (χ3v) is 3.17. The Kier molecular flexibility index (Phi) is 2.41. The van der Waals surface area contributed by atoms with Crippen LogP contribution in [-0.4, -0.2) is 7.22 Å². The standard InChI is InChI=1S/C4H9NSSi/c1-7(2,3)6-4-5/h1-3H3. The molecule has 0 fully saturated rings. The van der Waals surface area contributed by atoms with E-state index in [2.05, 4.69) is 25.0 Å². The van der Waals surface area contributed by atoms with Crippen LogP contribution in [0.3, 0.4) is 0 Å². The molecular weight excluding hydrogens is 122 g/mol. The SMILES string of the molecule is C[Si](C)(C)SC#N. The average molecular weight is 131 g/mol. The number of thiocyanates is 1. The Hall–Kier alpha value is 0.0569. The van der Waals surface area contributed by atoms with Gasteiger partial charge in [-0.3, -0.25) is 0 Å². The van der Waals surface area contributed by atoms with E-state index in [-0.39, 0.29) is 0 Å². The first-order valence-corrected chi connectivity index (χ1v) is 7.17. The van der Waals surface area contributed by atoms with Crippen LogP contribution in [-0.2, 0) is 0 Å². The summed E-state index contributed by atoms with van der Waals surface area (Å²) < 4.78 is 0. The first kappa shape index (κ1) is 7.06. The number of rotatable bonds is 1. The van der Waals surface area contributed by atoms with Crippen LogP contribution in [0.5, 0.6) is 0 Å². The van der Waals surface area contributed by atoms with Gasteiger partial charge in [-0.2, -0.15) is 5.26 Å². The van der Waals surface area contributed by atoms with Crippen molar-refractivity contribution in [3.8, 4) is 5.40 Å². The van der Waals surface area contributed by atoms with Crippen LogP contribution >= 0.6 is 11.2 Å². The van der Waals surface area contributed by atoms with Crippen LogP contribution in [0.15, 0.2) is 0 Å². The highest BCUT2D eigenvalue weighted by atomic mass is 32.4. The van der Waals surface area contributed by atoms with Crippen LogP contribution < -0.4 is 0 Å². The van der Waals surface area contributed by atoms with E-state index in [1.54, 1.807) is 0 Å². The van der Waals surface area contributed by atoms with Gasteiger partial charge >= 0.3 is 0 Å². The first-order valence-electron chi connectivity index (χ1n) is 2.13. The van der Waals surface area contributed by atoms with E-state index in [0.717, 1.165) is 0 Å². The molecule has 0 bridgehead atoms. The van der Waals surface area contributed by atoms with Crippen LogP contribution in [0, 0.1) is 10.7 Å². The maximum Gasteiger partial charge on any atom is 0.127 e. The van der Waals surface area contributed by atoms with Crippen molar-refractivity contribution in [3.63, 3.8) is 0 Å². The summed E-state index contributed by atoms with van der Waals surface area (Å²) in [6, 6.07) is 0. The summed E-state index contributed by atoms with van der Waals surface area (Å²) in [5.74, 6) is 0. The van der Waals surface area contributed by atoms with Gasteiger partial charge in [-0.1, -0.05) is 30.9 Å². The summed E-state index contributed by atoms with van der Waals surface area (Å²) in [6.07, 6.45) is 0. The number of hydrogen-bond donors (Lipinski definition) is 0. The van der Waals surface area contributed by atoms with Crippen LogP contribution in [0.1, 0.15) is 0 Å². The van der Waals surface area contributed by atoms with Gasteiger partial charge in [0, 0.05) is 0 Å². The number of nitriles is 1. The third-order valence-electron chi connectivity index (χ3n) is 0.352. The average Bonchev–Trinajstić information content (AvgIpc) is 1.30. The summed E-state index contributed by atoms with van der Waals surface area (Å²) >= 11 is 1.43. The Morgan fingerprint density at radius 3 is 1.86 bits per heavy atom. The molecule has 0 aromatic rings. The van der Waals surface area contributed by atoms with Gasteiger partial charge in [0.25, 0.3) is 0 Å². The molecular formula is C4H9NSSi. The lowest BCUT2D eigenvalue weighted by molar-refractivity contribution is 1.57. The molecule has 0 atom stereocenters. The molecule has 7 heavy (non-hydrogen) atoms. The summed E-state index contributed by atoms with van der Waals surface area (Å²) in [5.41, 5.74) is 0. The zero-order valence-electron chi connectivity index (χ0n) is 4.86. The van der Waals surface area contributed by atoms with Gasteiger partial charge in [-0.15, -0.1) is 0 Å². The minimum absolute atomic E-state index is 1.10. The maximum atomic E-state index is 8.15. The second-order valence-electron chi connectivity index (χ2n) is 2.31. The highest BCUT2D eigenvalue weighted by molar-refractivity contribution is 8.31. The van der Waals surface area contributed by atoms with Crippen molar-refractivity contribution in [2.24, 2.45) is 0 Å². The van der Waals surface area contributed by atoms with Gasteiger partial charge in [-0.25, -0.2) is 0 Å². The van der Waals surface area contributed by atoms with Crippen LogP contribution in [0.25, 0.3) is 0 Å². The van der Waals surface area contributed by atoms with Crippen LogP contribution in [0.2, 0.25) is 19.6 Å². The largest absolute Gasteiger partial charge is 0.186 e. The predicted molar refractivity (Wildman–Crippen MR) is 36.6 cm³/mol. The Bertz CT molecular complexity index is 88.8. The van der Waals surface area contributed by atoms with Gasteiger partial charge in [0.1, 0.15) is 12.6 Å². The fraction of sp³-hybridized carbons (Fsp3) is 0.750. The van der Waals surface area contributed by atoms with Crippen LogP contribution in [0.4, 0.5) is 0 Å². The Labute approximate surface area is 49.4 Å². The normalized spacial score (nSPS) is 10.6. The lowest BCUT2D eigenvalue weighted by atomic mass is 11.8. The second-order valence-corrected chi connectivity index (χ2v) is 11.2. The van der Waals surface area contributed by atoms with E-state index in [1.807, 2.05) is 0 Å². The molecule has 0 amide bonds. The smallest absolute Gasteiger partial charge is 0.127 e. The quantitative estimate of drug-likeness (QED) is 0.401. The highest BCUT2D eigenvalue weighted by Gasteiger charge is 2.12. The Morgan fingerprint density at radius 1 is 1.43 bits per heavy atom. The second kappa shape index (κ2) is 2.39. The minimum Gasteiger partial charge on any atom is -0.186 e. The summed E-state index contributed by atoms with van der Waals surface area (Å²) in [5, 5.41) is 10.2. The van der Waals surface area contributed by atoms with Crippen molar-refractivity contribution in [3.05, 3.63) is 0 Å². The molecule has 3 heteroatoms. The van der Waals surface area contributed by atoms with Gasteiger partial charge < -0.3 is 0 Å². The van der Waals surface area contributed by atoms with E-state index in [0.29, 0.717) is 0 Å². The maximum absolute atomic E-state index is 8.15. The van der Waals surface area contributed by atoms with E-state index >= 15 is 0 Å². The van der Waals surface area contributed by atoms with E-state index in [9.17, 15) is 0 Å². The molecule has 0 aromatic heterocycles. The summed E-state index contributed by atoms with van der Waals surface area (Å²) in [6.45, 7) is 6.46. The summed E-state index contributed by atoms with van der Waals surface area (Å²) in [4.78, 5) is 0. The molecule has 0 spiro atoms. The van der Waals surface area contributed by atoms with Crippen molar-refractivity contribution in [2.75, 3.05) is 0 Å². The van der Waals surface area contributed by atoms with E-state index in [4.69, 9.17) is 5.26 Å². The highest BCUT2D eigenvalue weighted by Crippen LogP contribution is 2.16. The molecule has 0 aliphatic rings. The lowest BCUT2D eigenvalue weighted by Crippen LogP contribution is -2.11. The molecule has 0 aromatic carbocycles. The first-order chi connectivity index (χ1) is 3.06. The van der Waals surface area contributed by atoms with Gasteiger partial charge in [0.2, 0.25) is 0 Å². The molecule has 0 heterocycles. The van der Waals surface area contributed by atoms with Crippen molar-refractivity contribution < 1.29 is 0 Å². The molecule has 40 valence electrons. The predicted octanol–water partition coefficient (Wildman–Crippen LogP) is 2.04. The molecule has 0 radical (unpaired) electrons. The zero-order chi connectivity index (χ0) is 5.91. The van der Waals surface area contributed by atoms with Gasteiger partial charge in [0.15, 0.2) is 0 Å². The van der Waals surface area contributed by atoms with Crippen molar-refractivity contribution >= 4 is 18.4 Å². The fourth-order valence-corrected chi connectivity index (χ4v) is 1.23. The molecule has 0 aliphatic carbocycles. The molecule has 0 aliphatic heterocycles. The molecule has 0 unspecified atom stereocenters. The van der Waals surface area contributed by atoms with E-state index < -0.39 is 7.22 Å². The number of nitrogens with zero attached hydrogens (tertiary/aromatic N) is 1. The summed E-state index contributed by atoms with van der Waals surface area (Å²) in [7, 11) is -1.10. The Morgan fingerprint density at radius 2 is 1.86 bits per heavy atom. The van der Waals surface area contributed by atoms with Crippen molar-refractivity contribution in [2.45, 2.75) is 19.6 Å². The molecule has 0 N–H and O–H groups in total. The van der Waals surface area contributed by atoms with Crippen molar-refractivity contribution in [1.29, 1.82) is 5.26 Å². The van der Waals surface area contributed by atoms with Gasteiger partial charge in [0.05, 0.1) is 0 Å². The fourth-order valence-electron chi connectivity index (χ4n) is 0.137. The van der Waals surface area contributed by atoms with E-state index in [1.165, 1.54) is 11.2 Å². The monoisotopic (exact) mass is 131 g/mol. The molecule has 0 saturated heterocycles. The molecule has 0 saturated carbocycles. The van der Waals surface area contributed by atoms with Crippen molar-refractivity contribution in [1.82, 2.24) is 0 Å². The minimum atomic E-state index is -1.10. The zero-order valence-corrected chi connectivity index (χ0v) is 6.67. The van der Waals surface area contributed by atoms with Gasteiger partial charge in [-0.05, 0) is 0 Å².